The second-order valence-corrected chi connectivity index (χ2v) is 5.21. The highest BCUT2D eigenvalue weighted by Crippen LogP contribution is 2.51. The molecule has 0 bridgehead atoms. The van der Waals surface area contributed by atoms with Crippen molar-refractivity contribution in [2.24, 2.45) is 4.99 Å². The molecule has 1 aromatic rings. The Labute approximate surface area is 107 Å². The number of hydrogen-bond donors (Lipinski definition) is 1. The van der Waals surface area contributed by atoms with Gasteiger partial charge < -0.3 is 10.0 Å². The zero-order chi connectivity index (χ0) is 13.3. The number of nitrogens with zero attached hydrogens (tertiary/aromatic N) is 2. The molecule has 1 aliphatic rings. The van der Waals surface area contributed by atoms with E-state index in [1.807, 2.05) is 32.0 Å². The molecule has 0 aromatic heterocycles. The minimum atomic E-state index is -0.374. The summed E-state index contributed by atoms with van der Waals surface area (Å²) in [6, 6.07) is 3.57. The fourth-order valence-electron chi connectivity index (χ4n) is 2.41. The molecule has 18 heavy (non-hydrogen) atoms. The normalized spacial score (nSPS) is 16.4. The van der Waals surface area contributed by atoms with E-state index in [1.54, 1.807) is 12.1 Å². The molecule has 1 aliphatic carbocycles. The molecule has 4 nitrogen and oxygen atoms in total. The van der Waals surface area contributed by atoms with Crippen molar-refractivity contribution >= 4 is 6.08 Å². The van der Waals surface area contributed by atoms with Crippen molar-refractivity contribution in [2.45, 2.75) is 31.8 Å². The van der Waals surface area contributed by atoms with Crippen LogP contribution in [0.1, 0.15) is 29.5 Å². The van der Waals surface area contributed by atoms with Gasteiger partial charge in [0.05, 0.1) is 5.54 Å². The number of aromatic hydroxyl groups is 1. The molecule has 1 aromatic carbocycles. The second kappa shape index (κ2) is 4.56. The van der Waals surface area contributed by atoms with Gasteiger partial charge in [0.2, 0.25) is 6.08 Å². The molecule has 0 saturated heterocycles. The first-order valence-corrected chi connectivity index (χ1v) is 6.06. The third kappa shape index (κ3) is 2.17. The van der Waals surface area contributed by atoms with E-state index >= 15 is 0 Å². The van der Waals surface area contributed by atoms with Crippen LogP contribution >= 0.6 is 0 Å². The van der Waals surface area contributed by atoms with Gasteiger partial charge >= 0.3 is 0 Å². The van der Waals surface area contributed by atoms with E-state index in [2.05, 4.69) is 4.99 Å². The molecule has 0 radical (unpaired) electrons. The summed E-state index contributed by atoms with van der Waals surface area (Å²) >= 11 is 0. The minimum absolute atomic E-state index is 0.302. The van der Waals surface area contributed by atoms with Crippen LogP contribution in [0.3, 0.4) is 0 Å². The smallest absolute Gasteiger partial charge is 0.235 e. The quantitative estimate of drug-likeness (QED) is 0.653. The molecule has 96 valence electrons. The summed E-state index contributed by atoms with van der Waals surface area (Å²) in [5, 5.41) is 9.95. The van der Waals surface area contributed by atoms with E-state index in [0.29, 0.717) is 12.3 Å². The highest BCUT2D eigenvalue weighted by molar-refractivity contribution is 5.50. The van der Waals surface area contributed by atoms with E-state index < -0.39 is 0 Å². The molecule has 0 heterocycles. The highest BCUT2D eigenvalue weighted by Gasteiger charge is 2.46. The van der Waals surface area contributed by atoms with E-state index in [0.717, 1.165) is 29.5 Å². The number of hydrogen-bond acceptors (Lipinski definition) is 4. The van der Waals surface area contributed by atoms with Gasteiger partial charge in [-0.25, -0.2) is 4.79 Å². The Morgan fingerprint density at radius 1 is 1.44 bits per heavy atom. The predicted molar refractivity (Wildman–Crippen MR) is 69.3 cm³/mol. The molecule has 0 amide bonds. The molecule has 0 unspecified atom stereocenters. The van der Waals surface area contributed by atoms with Crippen LogP contribution in [0.4, 0.5) is 0 Å². The van der Waals surface area contributed by atoms with Crippen LogP contribution in [0.15, 0.2) is 17.1 Å². The number of aliphatic imine (C=N–C) groups is 1. The Morgan fingerprint density at radius 3 is 2.61 bits per heavy atom. The van der Waals surface area contributed by atoms with Gasteiger partial charge in [-0.2, -0.15) is 4.99 Å². The molecule has 0 aliphatic heterocycles. The summed E-state index contributed by atoms with van der Waals surface area (Å²) < 4.78 is 0. The first-order valence-electron chi connectivity index (χ1n) is 6.06. The van der Waals surface area contributed by atoms with Crippen molar-refractivity contribution in [3.8, 4) is 5.75 Å². The SMILES string of the molecule is Cc1c(C2(N=C=O)CC2)ccc(O)c1CN(C)C. The summed E-state index contributed by atoms with van der Waals surface area (Å²) in [6.45, 7) is 2.65. The number of isocyanates is 1. The van der Waals surface area contributed by atoms with Crippen LogP contribution in [0.25, 0.3) is 0 Å². The maximum absolute atomic E-state index is 10.5. The third-order valence-electron chi connectivity index (χ3n) is 3.53. The number of carbonyl (C=O) groups excluding carboxylic acids is 1. The molecule has 4 heteroatoms. The van der Waals surface area contributed by atoms with E-state index in [4.69, 9.17) is 0 Å². The molecule has 0 atom stereocenters. The van der Waals surface area contributed by atoms with Crippen molar-refractivity contribution in [2.75, 3.05) is 14.1 Å². The maximum atomic E-state index is 10.5. The number of benzene rings is 1. The largest absolute Gasteiger partial charge is 0.508 e. The lowest BCUT2D eigenvalue weighted by atomic mass is 9.94. The van der Waals surface area contributed by atoms with Crippen molar-refractivity contribution in [1.82, 2.24) is 4.90 Å². The zero-order valence-corrected chi connectivity index (χ0v) is 11.0. The number of phenolic OH excluding ortho intramolecular Hbond substituents is 1. The molecule has 1 saturated carbocycles. The summed E-state index contributed by atoms with van der Waals surface area (Å²) in [6.07, 6.45) is 3.44. The van der Waals surface area contributed by atoms with Crippen LogP contribution in [0.2, 0.25) is 0 Å². The van der Waals surface area contributed by atoms with Crippen molar-refractivity contribution in [3.63, 3.8) is 0 Å². The molecule has 1 fully saturated rings. The van der Waals surface area contributed by atoms with Crippen molar-refractivity contribution < 1.29 is 9.90 Å². The van der Waals surface area contributed by atoms with Crippen molar-refractivity contribution in [3.05, 3.63) is 28.8 Å². The third-order valence-corrected chi connectivity index (χ3v) is 3.53. The summed E-state index contributed by atoms with van der Waals surface area (Å²) in [4.78, 5) is 16.5. The Balaban J connectivity index is 2.48. The molecular formula is C14H18N2O2. The lowest BCUT2D eigenvalue weighted by molar-refractivity contribution is 0.384. The first-order chi connectivity index (χ1) is 8.50. The van der Waals surface area contributed by atoms with Gasteiger partial charge in [0.15, 0.2) is 0 Å². The van der Waals surface area contributed by atoms with E-state index in [1.165, 1.54) is 0 Å². The van der Waals surface area contributed by atoms with Crippen LogP contribution in [0, 0.1) is 6.92 Å². The lowest BCUT2D eigenvalue weighted by Gasteiger charge is -2.19. The molecule has 2 rings (SSSR count). The summed E-state index contributed by atoms with van der Waals surface area (Å²) in [7, 11) is 3.92. The van der Waals surface area contributed by atoms with Gasteiger partial charge in [0, 0.05) is 12.1 Å². The lowest BCUT2D eigenvalue weighted by Crippen LogP contribution is -2.14. The summed E-state index contributed by atoms with van der Waals surface area (Å²) in [5.74, 6) is 0.302. The van der Waals surface area contributed by atoms with Crippen LogP contribution in [-0.4, -0.2) is 30.2 Å². The molecular weight excluding hydrogens is 228 g/mol. The van der Waals surface area contributed by atoms with Crippen LogP contribution in [-0.2, 0) is 16.9 Å². The van der Waals surface area contributed by atoms with Gasteiger partial charge in [-0.05, 0) is 51.1 Å². The van der Waals surface area contributed by atoms with Crippen molar-refractivity contribution in [1.29, 1.82) is 0 Å². The Bertz CT molecular complexity index is 513. The standard InChI is InChI=1S/C14H18N2O2/c1-10-11(8-16(2)3)13(18)5-4-12(10)14(6-7-14)15-9-17/h4-5,18H,6-8H2,1-3H3. The topological polar surface area (TPSA) is 52.9 Å². The van der Waals surface area contributed by atoms with E-state index in [9.17, 15) is 9.90 Å². The van der Waals surface area contributed by atoms with Gasteiger partial charge in [-0.1, -0.05) is 6.07 Å². The monoisotopic (exact) mass is 246 g/mol. The average molecular weight is 246 g/mol. The average Bonchev–Trinajstić information content (AvgIpc) is 3.05. The first kappa shape index (κ1) is 12.8. The predicted octanol–water partition coefficient (Wildman–Crippen LogP) is 2.09. The van der Waals surface area contributed by atoms with Crippen LogP contribution in [0.5, 0.6) is 5.75 Å². The zero-order valence-electron chi connectivity index (χ0n) is 11.0. The highest BCUT2D eigenvalue weighted by atomic mass is 16.3. The molecule has 1 N–H and O–H groups in total. The Morgan fingerprint density at radius 2 is 2.11 bits per heavy atom. The van der Waals surface area contributed by atoms with E-state index in [-0.39, 0.29) is 5.54 Å². The van der Waals surface area contributed by atoms with Crippen LogP contribution < -0.4 is 0 Å². The fraction of sp³-hybridized carbons (Fsp3) is 0.500. The fourth-order valence-corrected chi connectivity index (χ4v) is 2.41. The van der Waals surface area contributed by atoms with Gasteiger partial charge in [0.25, 0.3) is 0 Å². The number of phenols is 1. The Kier molecular flexibility index (Phi) is 3.24. The number of rotatable bonds is 4. The Hall–Kier alpha value is -1.64. The molecule has 0 spiro atoms. The maximum Gasteiger partial charge on any atom is 0.235 e. The minimum Gasteiger partial charge on any atom is -0.508 e. The second-order valence-electron chi connectivity index (χ2n) is 5.21. The van der Waals surface area contributed by atoms with Gasteiger partial charge in [-0.15, -0.1) is 0 Å². The van der Waals surface area contributed by atoms with Gasteiger partial charge in [0.1, 0.15) is 5.75 Å². The summed E-state index contributed by atoms with van der Waals surface area (Å²) in [5.41, 5.74) is 2.60. The van der Waals surface area contributed by atoms with Gasteiger partial charge in [-0.3, -0.25) is 0 Å².